The highest BCUT2D eigenvalue weighted by atomic mass is 15.1. The van der Waals surface area contributed by atoms with E-state index in [1.807, 2.05) is 23.6 Å². The Morgan fingerprint density at radius 3 is 2.94 bits per heavy atom. The Morgan fingerprint density at radius 1 is 1.22 bits per heavy atom. The lowest BCUT2D eigenvalue weighted by atomic mass is 10.2. The Bertz CT molecular complexity index is 703. The van der Waals surface area contributed by atoms with Crippen molar-refractivity contribution in [2.24, 2.45) is 0 Å². The van der Waals surface area contributed by atoms with Gasteiger partial charge in [0.15, 0.2) is 11.5 Å². The summed E-state index contributed by atoms with van der Waals surface area (Å²) in [5.41, 5.74) is 9.25. The standard InChI is InChI=1S/C12H12N6/c1-8-2-3-14-9(4-8)5-18-7-17-10-11(13)15-6-16-12(10)18/h2-4,6-7H,5H2,1H3,(H2,13,15,16). The minimum Gasteiger partial charge on any atom is -0.382 e. The molecule has 0 saturated carbocycles. The van der Waals surface area contributed by atoms with Crippen molar-refractivity contribution in [3.05, 3.63) is 42.2 Å². The van der Waals surface area contributed by atoms with Gasteiger partial charge in [0.1, 0.15) is 11.8 Å². The average Bonchev–Trinajstić information content (AvgIpc) is 2.74. The fourth-order valence-electron chi connectivity index (χ4n) is 1.87. The summed E-state index contributed by atoms with van der Waals surface area (Å²) in [6, 6.07) is 4.01. The lowest BCUT2D eigenvalue weighted by Gasteiger charge is -2.03. The van der Waals surface area contributed by atoms with Crippen molar-refractivity contribution in [3.63, 3.8) is 0 Å². The van der Waals surface area contributed by atoms with Crippen LogP contribution in [0.4, 0.5) is 5.82 Å². The lowest BCUT2D eigenvalue weighted by molar-refractivity contribution is 0.786. The molecule has 3 heterocycles. The van der Waals surface area contributed by atoms with Gasteiger partial charge in [-0.1, -0.05) is 0 Å². The molecule has 0 aliphatic rings. The minimum atomic E-state index is 0.399. The maximum Gasteiger partial charge on any atom is 0.165 e. The number of nitrogens with zero attached hydrogens (tertiary/aromatic N) is 5. The molecule has 0 bridgehead atoms. The number of rotatable bonds is 2. The van der Waals surface area contributed by atoms with Crippen LogP contribution in [0.5, 0.6) is 0 Å². The molecule has 0 aliphatic heterocycles. The zero-order chi connectivity index (χ0) is 12.5. The van der Waals surface area contributed by atoms with E-state index < -0.39 is 0 Å². The summed E-state index contributed by atoms with van der Waals surface area (Å²) < 4.78 is 1.91. The highest BCUT2D eigenvalue weighted by molar-refractivity contribution is 5.81. The summed E-state index contributed by atoms with van der Waals surface area (Å²) in [4.78, 5) is 16.7. The number of anilines is 1. The minimum absolute atomic E-state index is 0.399. The molecule has 6 nitrogen and oxygen atoms in total. The van der Waals surface area contributed by atoms with Crippen LogP contribution in [-0.2, 0) is 6.54 Å². The van der Waals surface area contributed by atoms with Gasteiger partial charge >= 0.3 is 0 Å². The number of pyridine rings is 1. The highest BCUT2D eigenvalue weighted by Crippen LogP contribution is 2.15. The normalized spacial score (nSPS) is 10.9. The first-order valence-corrected chi connectivity index (χ1v) is 5.57. The predicted molar refractivity (Wildman–Crippen MR) is 67.8 cm³/mol. The molecule has 0 amide bonds. The maximum absolute atomic E-state index is 5.74. The number of fused-ring (bicyclic) bond motifs is 1. The van der Waals surface area contributed by atoms with Crippen molar-refractivity contribution in [3.8, 4) is 0 Å². The van der Waals surface area contributed by atoms with Gasteiger partial charge < -0.3 is 10.3 Å². The average molecular weight is 240 g/mol. The third-order valence-electron chi connectivity index (χ3n) is 2.73. The lowest BCUT2D eigenvalue weighted by Crippen LogP contribution is -2.02. The molecular formula is C12H12N6. The predicted octanol–water partition coefficient (Wildman–Crippen LogP) is 1.16. The Balaban J connectivity index is 2.03. The molecule has 0 spiro atoms. The van der Waals surface area contributed by atoms with Crippen LogP contribution in [0.1, 0.15) is 11.3 Å². The largest absolute Gasteiger partial charge is 0.382 e. The molecule has 6 heteroatoms. The summed E-state index contributed by atoms with van der Waals surface area (Å²) in [6.45, 7) is 2.66. The van der Waals surface area contributed by atoms with Crippen LogP contribution in [0.2, 0.25) is 0 Å². The van der Waals surface area contributed by atoms with Crippen molar-refractivity contribution in [1.82, 2.24) is 24.5 Å². The number of nitrogens with two attached hydrogens (primary N) is 1. The first-order chi connectivity index (χ1) is 8.74. The second-order valence-electron chi connectivity index (χ2n) is 4.13. The first-order valence-electron chi connectivity index (χ1n) is 5.57. The van der Waals surface area contributed by atoms with E-state index in [9.17, 15) is 0 Å². The van der Waals surface area contributed by atoms with E-state index in [0.717, 1.165) is 11.3 Å². The number of aryl methyl sites for hydroxylation is 1. The third kappa shape index (κ3) is 1.77. The Kier molecular flexibility index (Phi) is 2.40. The molecule has 3 aromatic heterocycles. The number of hydrogen-bond acceptors (Lipinski definition) is 5. The molecule has 0 radical (unpaired) electrons. The molecule has 3 aromatic rings. The van der Waals surface area contributed by atoms with Gasteiger partial charge in [0.05, 0.1) is 18.6 Å². The van der Waals surface area contributed by atoms with Crippen LogP contribution in [0.3, 0.4) is 0 Å². The monoisotopic (exact) mass is 240 g/mol. The molecule has 0 saturated heterocycles. The van der Waals surface area contributed by atoms with Crippen LogP contribution < -0.4 is 5.73 Å². The van der Waals surface area contributed by atoms with Crippen molar-refractivity contribution >= 4 is 17.0 Å². The Labute approximate surface area is 104 Å². The maximum atomic E-state index is 5.74. The summed E-state index contributed by atoms with van der Waals surface area (Å²) in [7, 11) is 0. The van der Waals surface area contributed by atoms with Crippen molar-refractivity contribution in [1.29, 1.82) is 0 Å². The zero-order valence-corrected chi connectivity index (χ0v) is 9.91. The molecule has 90 valence electrons. The van der Waals surface area contributed by atoms with Crippen molar-refractivity contribution in [2.75, 3.05) is 5.73 Å². The number of aromatic nitrogens is 5. The van der Waals surface area contributed by atoms with Gasteiger partial charge in [-0.2, -0.15) is 0 Å². The number of nitrogen functional groups attached to an aromatic ring is 1. The second kappa shape index (κ2) is 4.06. The van der Waals surface area contributed by atoms with Crippen molar-refractivity contribution in [2.45, 2.75) is 13.5 Å². The summed E-state index contributed by atoms with van der Waals surface area (Å²) in [5, 5.41) is 0. The van der Waals surface area contributed by atoms with E-state index in [-0.39, 0.29) is 0 Å². The topological polar surface area (TPSA) is 82.5 Å². The van der Waals surface area contributed by atoms with E-state index in [1.165, 1.54) is 11.9 Å². The van der Waals surface area contributed by atoms with Gasteiger partial charge in [-0.05, 0) is 24.6 Å². The van der Waals surface area contributed by atoms with Crippen LogP contribution in [0.25, 0.3) is 11.2 Å². The second-order valence-corrected chi connectivity index (χ2v) is 4.13. The molecule has 2 N–H and O–H groups in total. The molecule has 0 aromatic carbocycles. The first kappa shape index (κ1) is 10.6. The van der Waals surface area contributed by atoms with Gasteiger partial charge in [0.25, 0.3) is 0 Å². The smallest absolute Gasteiger partial charge is 0.165 e. The highest BCUT2D eigenvalue weighted by Gasteiger charge is 2.08. The van der Waals surface area contributed by atoms with Gasteiger partial charge in [0, 0.05) is 6.20 Å². The fourth-order valence-corrected chi connectivity index (χ4v) is 1.87. The van der Waals surface area contributed by atoms with Gasteiger partial charge in [0.2, 0.25) is 0 Å². The summed E-state index contributed by atoms with van der Waals surface area (Å²) in [5.74, 6) is 0.399. The van der Waals surface area contributed by atoms with Crippen LogP contribution in [0.15, 0.2) is 31.0 Å². The van der Waals surface area contributed by atoms with E-state index in [2.05, 4.69) is 19.9 Å². The third-order valence-corrected chi connectivity index (χ3v) is 2.73. The van der Waals surface area contributed by atoms with Crippen LogP contribution in [0, 0.1) is 6.92 Å². The van der Waals surface area contributed by atoms with Crippen LogP contribution >= 0.6 is 0 Å². The molecule has 3 rings (SSSR count). The number of hydrogen-bond donors (Lipinski definition) is 1. The molecule has 0 fully saturated rings. The van der Waals surface area contributed by atoms with E-state index in [0.29, 0.717) is 17.9 Å². The van der Waals surface area contributed by atoms with Gasteiger partial charge in [-0.15, -0.1) is 0 Å². The van der Waals surface area contributed by atoms with E-state index in [1.54, 1.807) is 12.5 Å². The molecule has 0 atom stereocenters. The zero-order valence-electron chi connectivity index (χ0n) is 9.91. The van der Waals surface area contributed by atoms with Gasteiger partial charge in [-0.3, -0.25) is 4.98 Å². The fraction of sp³-hybridized carbons (Fsp3) is 0.167. The molecule has 18 heavy (non-hydrogen) atoms. The Hall–Kier alpha value is -2.50. The quantitative estimate of drug-likeness (QED) is 0.726. The van der Waals surface area contributed by atoms with Crippen LogP contribution in [-0.4, -0.2) is 24.5 Å². The Morgan fingerprint density at radius 2 is 2.11 bits per heavy atom. The van der Waals surface area contributed by atoms with Gasteiger partial charge in [-0.25, -0.2) is 15.0 Å². The molecule has 0 unspecified atom stereocenters. The number of imidazole rings is 1. The molecular weight excluding hydrogens is 228 g/mol. The van der Waals surface area contributed by atoms with Crippen molar-refractivity contribution < 1.29 is 0 Å². The summed E-state index contributed by atoms with van der Waals surface area (Å²) in [6.07, 6.45) is 4.95. The van der Waals surface area contributed by atoms with E-state index in [4.69, 9.17) is 5.73 Å². The summed E-state index contributed by atoms with van der Waals surface area (Å²) >= 11 is 0. The van der Waals surface area contributed by atoms with E-state index >= 15 is 0 Å². The molecule has 0 aliphatic carbocycles. The SMILES string of the molecule is Cc1ccnc(Cn2cnc3c(N)ncnc32)c1.